The van der Waals surface area contributed by atoms with Crippen LogP contribution in [0.5, 0.6) is 0 Å². The molecule has 3 rings (SSSR count). The molecule has 0 spiro atoms. The van der Waals surface area contributed by atoms with Crippen LogP contribution in [0.4, 0.5) is 5.69 Å². The highest BCUT2D eigenvalue weighted by atomic mass is 79.9. The van der Waals surface area contributed by atoms with E-state index in [0.717, 1.165) is 23.2 Å². The average molecular weight is 467 g/mol. The summed E-state index contributed by atoms with van der Waals surface area (Å²) >= 11 is 3.32. The van der Waals surface area contributed by atoms with Crippen LogP contribution >= 0.6 is 15.9 Å². The maximum Gasteiger partial charge on any atom is 0.274 e. The first kappa shape index (κ1) is 23.4. The van der Waals surface area contributed by atoms with Gasteiger partial charge in [-0.3, -0.25) is 9.78 Å². The lowest BCUT2D eigenvalue weighted by molar-refractivity contribution is -0.123. The molecule has 7 nitrogen and oxygen atoms in total. The maximum atomic E-state index is 12.1. The molecule has 8 heteroatoms. The molecule has 2 aromatic rings. The molecule has 0 unspecified atom stereocenters. The quantitative estimate of drug-likeness (QED) is 0.603. The van der Waals surface area contributed by atoms with Crippen molar-refractivity contribution in [2.24, 2.45) is 0 Å². The fourth-order valence-electron chi connectivity index (χ4n) is 2.56. The van der Waals surface area contributed by atoms with Crippen molar-refractivity contribution in [3.8, 4) is 0 Å². The number of nitrogens with zero attached hydrogens (tertiary/aromatic N) is 1. The SMILES string of the molecule is CCOC(C)OCC.O=C(Nc1cccc(C2OCCO2)c1)c1cc(Br)ccn1. The van der Waals surface area contributed by atoms with Gasteiger partial charge in [-0.25, -0.2) is 0 Å². The number of aromatic nitrogens is 1. The van der Waals surface area contributed by atoms with E-state index in [1.165, 1.54) is 0 Å². The smallest absolute Gasteiger partial charge is 0.274 e. The predicted octanol–water partition coefficient (Wildman–Crippen LogP) is 4.55. The Morgan fingerprint density at radius 3 is 2.52 bits per heavy atom. The Morgan fingerprint density at radius 2 is 1.90 bits per heavy atom. The van der Waals surface area contributed by atoms with Crippen molar-refractivity contribution < 1.29 is 23.7 Å². The third-order valence-electron chi connectivity index (χ3n) is 3.80. The predicted molar refractivity (Wildman–Crippen MR) is 114 cm³/mol. The summed E-state index contributed by atoms with van der Waals surface area (Å²) in [7, 11) is 0. The fourth-order valence-corrected chi connectivity index (χ4v) is 2.89. The molecule has 0 saturated carbocycles. The average Bonchev–Trinajstić information content (AvgIpc) is 3.24. The second-order valence-electron chi connectivity index (χ2n) is 5.99. The molecule has 1 aromatic carbocycles. The molecule has 29 heavy (non-hydrogen) atoms. The van der Waals surface area contributed by atoms with E-state index in [9.17, 15) is 4.79 Å². The van der Waals surface area contributed by atoms with Gasteiger partial charge in [-0.2, -0.15) is 0 Å². The number of rotatable bonds is 7. The van der Waals surface area contributed by atoms with Crippen molar-refractivity contribution in [2.45, 2.75) is 33.4 Å². The lowest BCUT2D eigenvalue weighted by Crippen LogP contribution is -2.13. The van der Waals surface area contributed by atoms with Gasteiger partial charge in [0.15, 0.2) is 12.6 Å². The normalized spacial score (nSPS) is 13.8. The highest BCUT2D eigenvalue weighted by Gasteiger charge is 2.18. The maximum absolute atomic E-state index is 12.1. The number of carbonyl (C=O) groups is 1. The summed E-state index contributed by atoms with van der Waals surface area (Å²) in [6.07, 6.45) is 1.19. The third-order valence-corrected chi connectivity index (χ3v) is 4.29. The standard InChI is InChI=1S/C15H13BrN2O3.C6H14O2/c16-11-4-5-17-13(9-11)14(19)18-12-3-1-2-10(8-12)15-20-6-7-21-15;1-4-7-6(3)8-5-2/h1-5,8-9,15H,6-7H2,(H,18,19);6H,4-5H2,1-3H3. The van der Waals surface area contributed by atoms with Crippen molar-refractivity contribution in [1.82, 2.24) is 4.98 Å². The van der Waals surface area contributed by atoms with E-state index >= 15 is 0 Å². The highest BCUT2D eigenvalue weighted by Crippen LogP contribution is 2.25. The Morgan fingerprint density at radius 1 is 1.21 bits per heavy atom. The Labute approximate surface area is 179 Å². The zero-order valence-corrected chi connectivity index (χ0v) is 18.5. The molecular formula is C21H27BrN2O5. The number of ether oxygens (including phenoxy) is 4. The summed E-state index contributed by atoms with van der Waals surface area (Å²) in [6, 6.07) is 10.8. The molecule has 1 fully saturated rings. The number of benzene rings is 1. The lowest BCUT2D eigenvalue weighted by atomic mass is 10.2. The van der Waals surface area contributed by atoms with Crippen molar-refractivity contribution in [3.05, 3.63) is 58.3 Å². The highest BCUT2D eigenvalue weighted by molar-refractivity contribution is 9.10. The summed E-state index contributed by atoms with van der Waals surface area (Å²) in [5.41, 5.74) is 1.91. The summed E-state index contributed by atoms with van der Waals surface area (Å²) in [5, 5.41) is 2.82. The van der Waals surface area contributed by atoms with Crippen LogP contribution in [0, 0.1) is 0 Å². The topological polar surface area (TPSA) is 78.9 Å². The van der Waals surface area contributed by atoms with Crippen LogP contribution < -0.4 is 5.32 Å². The van der Waals surface area contributed by atoms with Gasteiger partial charge in [-0.15, -0.1) is 0 Å². The first-order valence-corrected chi connectivity index (χ1v) is 10.3. The zero-order valence-electron chi connectivity index (χ0n) is 16.9. The minimum atomic E-state index is -0.356. The number of hydrogen-bond acceptors (Lipinski definition) is 6. The summed E-state index contributed by atoms with van der Waals surface area (Å²) in [4.78, 5) is 16.2. The zero-order chi connectivity index (χ0) is 21.1. The van der Waals surface area contributed by atoms with E-state index in [-0.39, 0.29) is 18.5 Å². The second-order valence-corrected chi connectivity index (χ2v) is 6.91. The van der Waals surface area contributed by atoms with Crippen molar-refractivity contribution >= 4 is 27.5 Å². The fraction of sp³-hybridized carbons (Fsp3) is 0.429. The molecule has 1 aromatic heterocycles. The van der Waals surface area contributed by atoms with Gasteiger partial charge in [-0.1, -0.05) is 28.1 Å². The number of carbonyl (C=O) groups excluding carboxylic acids is 1. The number of halogens is 1. The molecule has 1 amide bonds. The molecule has 158 valence electrons. The molecule has 0 bridgehead atoms. The number of pyridine rings is 1. The first-order chi connectivity index (χ1) is 14.0. The largest absolute Gasteiger partial charge is 0.353 e. The van der Waals surface area contributed by atoms with Gasteiger partial charge in [0.05, 0.1) is 13.2 Å². The Bertz CT molecular complexity index is 762. The monoisotopic (exact) mass is 466 g/mol. The van der Waals surface area contributed by atoms with Gasteiger partial charge >= 0.3 is 0 Å². The minimum Gasteiger partial charge on any atom is -0.353 e. The van der Waals surface area contributed by atoms with Crippen LogP contribution in [-0.4, -0.2) is 43.6 Å². The summed E-state index contributed by atoms with van der Waals surface area (Å²) in [5.74, 6) is -0.262. The molecule has 0 radical (unpaired) electrons. The molecule has 0 aliphatic carbocycles. The summed E-state index contributed by atoms with van der Waals surface area (Å²) in [6.45, 7) is 8.42. The van der Waals surface area contributed by atoms with Gasteiger partial charge in [0.2, 0.25) is 0 Å². The Balaban J connectivity index is 0.000000321. The van der Waals surface area contributed by atoms with Gasteiger partial charge in [-0.05, 0) is 45.0 Å². The van der Waals surface area contributed by atoms with E-state index in [2.05, 4.69) is 26.2 Å². The molecular weight excluding hydrogens is 440 g/mol. The van der Waals surface area contributed by atoms with Crippen LogP contribution in [0.1, 0.15) is 43.1 Å². The number of amides is 1. The van der Waals surface area contributed by atoms with E-state index in [1.54, 1.807) is 18.3 Å². The van der Waals surface area contributed by atoms with Crippen LogP contribution in [0.15, 0.2) is 47.1 Å². The Hall–Kier alpha value is -1.84. The van der Waals surface area contributed by atoms with Crippen molar-refractivity contribution in [1.29, 1.82) is 0 Å². The first-order valence-electron chi connectivity index (χ1n) is 9.52. The van der Waals surface area contributed by atoms with Crippen LogP contribution in [0.2, 0.25) is 0 Å². The molecule has 1 aliphatic heterocycles. The Kier molecular flexibility index (Phi) is 10.2. The van der Waals surface area contributed by atoms with E-state index < -0.39 is 0 Å². The molecule has 0 atom stereocenters. The molecule has 1 saturated heterocycles. The van der Waals surface area contributed by atoms with Crippen LogP contribution in [-0.2, 0) is 18.9 Å². The van der Waals surface area contributed by atoms with Gasteiger partial charge < -0.3 is 24.3 Å². The minimum absolute atomic E-state index is 0.0370. The third kappa shape index (κ3) is 8.20. The summed E-state index contributed by atoms with van der Waals surface area (Å²) < 4.78 is 21.8. The van der Waals surface area contributed by atoms with Crippen LogP contribution in [0.3, 0.4) is 0 Å². The molecule has 1 N–H and O–H groups in total. The lowest BCUT2D eigenvalue weighted by Gasteiger charge is -2.11. The molecule has 2 heterocycles. The second kappa shape index (κ2) is 12.7. The van der Waals surface area contributed by atoms with Crippen molar-refractivity contribution in [2.75, 3.05) is 31.7 Å². The van der Waals surface area contributed by atoms with Crippen LogP contribution in [0.25, 0.3) is 0 Å². The number of nitrogens with one attached hydrogen (secondary N) is 1. The van der Waals surface area contributed by atoms with Gasteiger partial charge in [0.1, 0.15) is 5.69 Å². The number of anilines is 1. The number of hydrogen-bond donors (Lipinski definition) is 1. The van der Waals surface area contributed by atoms with Gasteiger partial charge in [0.25, 0.3) is 5.91 Å². The van der Waals surface area contributed by atoms with E-state index in [1.807, 2.05) is 45.0 Å². The van der Waals surface area contributed by atoms with E-state index in [4.69, 9.17) is 18.9 Å². The van der Waals surface area contributed by atoms with Gasteiger partial charge in [0, 0.05) is 35.1 Å². The molecule has 1 aliphatic rings. The van der Waals surface area contributed by atoms with E-state index in [0.29, 0.717) is 24.6 Å². The van der Waals surface area contributed by atoms with Crippen molar-refractivity contribution in [3.63, 3.8) is 0 Å².